The van der Waals surface area contributed by atoms with Gasteiger partial charge < -0.3 is 54.1 Å². The number of nitrogens with zero attached hydrogens (tertiary/aromatic N) is 1. The summed E-state index contributed by atoms with van der Waals surface area (Å²) in [5.41, 5.74) is 23.4. The van der Waals surface area contributed by atoms with Crippen LogP contribution < -0.4 is 38.9 Å². The molecule has 1 aromatic carbocycles. The van der Waals surface area contributed by atoms with E-state index in [0.717, 1.165) is 16.5 Å². The van der Waals surface area contributed by atoms with E-state index in [1.165, 1.54) is 6.92 Å². The third-order valence-electron chi connectivity index (χ3n) is 6.11. The largest absolute Gasteiger partial charge is 0.480 e. The molecule has 0 fully saturated rings. The minimum Gasteiger partial charge on any atom is -0.480 e. The van der Waals surface area contributed by atoms with E-state index in [1.54, 1.807) is 6.20 Å². The van der Waals surface area contributed by atoms with Gasteiger partial charge in [0.25, 0.3) is 0 Å². The molecule has 0 bridgehead atoms. The van der Waals surface area contributed by atoms with E-state index in [0.29, 0.717) is 0 Å². The zero-order valence-corrected chi connectivity index (χ0v) is 22.5. The van der Waals surface area contributed by atoms with Gasteiger partial charge in [0, 0.05) is 23.6 Å². The maximum absolute atomic E-state index is 13.0. The number of aliphatic hydroxyl groups is 1. The molecule has 14 N–H and O–H groups in total. The molecule has 0 radical (unpaired) electrons. The van der Waals surface area contributed by atoms with Gasteiger partial charge in [-0.25, -0.2) is 4.79 Å². The molecule has 0 aliphatic rings. The lowest BCUT2D eigenvalue weighted by atomic mass is 10.0. The molecule has 0 aliphatic carbocycles. The van der Waals surface area contributed by atoms with Crippen LogP contribution in [0.4, 0.5) is 0 Å². The van der Waals surface area contributed by atoms with Crippen LogP contribution in [0.5, 0.6) is 0 Å². The van der Waals surface area contributed by atoms with Crippen molar-refractivity contribution in [2.45, 2.75) is 62.9 Å². The Kier molecular flexibility index (Phi) is 12.0. The van der Waals surface area contributed by atoms with Gasteiger partial charge in [-0.05, 0) is 37.8 Å². The molecular formula is C25H37N9O7. The highest BCUT2D eigenvalue weighted by atomic mass is 16.4. The summed E-state index contributed by atoms with van der Waals surface area (Å²) in [5.74, 6) is -5.25. The summed E-state index contributed by atoms with van der Waals surface area (Å²) >= 11 is 0. The molecule has 0 spiro atoms. The van der Waals surface area contributed by atoms with Crippen LogP contribution in [0, 0.1) is 0 Å². The van der Waals surface area contributed by atoms with Gasteiger partial charge in [0.1, 0.15) is 18.1 Å². The number of rotatable bonds is 16. The Bertz CT molecular complexity index is 1270. The molecule has 4 amide bonds. The highest BCUT2D eigenvalue weighted by Crippen LogP contribution is 2.18. The minimum absolute atomic E-state index is 0.0486. The normalized spacial score (nSPS) is 14.6. The van der Waals surface area contributed by atoms with Crippen molar-refractivity contribution >= 4 is 46.5 Å². The minimum atomic E-state index is -1.63. The summed E-state index contributed by atoms with van der Waals surface area (Å²) < 4.78 is 0. The first kappa shape index (κ1) is 32.5. The fourth-order valence-corrected chi connectivity index (χ4v) is 4.00. The van der Waals surface area contributed by atoms with Gasteiger partial charge in [-0.1, -0.05) is 18.2 Å². The van der Waals surface area contributed by atoms with E-state index >= 15 is 0 Å². The van der Waals surface area contributed by atoms with Gasteiger partial charge in [0.05, 0.1) is 18.6 Å². The fourth-order valence-electron chi connectivity index (χ4n) is 4.00. The van der Waals surface area contributed by atoms with Crippen molar-refractivity contribution in [2.24, 2.45) is 27.9 Å². The summed E-state index contributed by atoms with van der Waals surface area (Å²) in [6, 6.07) is 1.75. The first-order valence-electron chi connectivity index (χ1n) is 12.8. The molecular weight excluding hydrogens is 538 g/mol. The number of carboxylic acids is 1. The van der Waals surface area contributed by atoms with E-state index in [4.69, 9.17) is 22.9 Å². The van der Waals surface area contributed by atoms with Crippen molar-refractivity contribution in [1.82, 2.24) is 20.9 Å². The smallest absolute Gasteiger partial charge is 0.326 e. The lowest BCUT2D eigenvalue weighted by Crippen LogP contribution is -2.60. The van der Waals surface area contributed by atoms with Crippen LogP contribution in [0.1, 0.15) is 31.7 Å². The van der Waals surface area contributed by atoms with Crippen molar-refractivity contribution in [3.05, 3.63) is 36.0 Å². The molecule has 224 valence electrons. The Labute approximate surface area is 235 Å². The standard InChI is InChI=1S/C25H37N9O7/c1-12(35)20(23(39)32-17(24(40)41)7-4-8-30-25(28)29)34-22(38)18(10-19(27)36)33-21(37)15(26)9-13-11-31-16-6-3-2-5-14(13)16/h2-3,5-6,11-12,15,17-18,20,31,35H,4,7-10,26H2,1H3,(H2,27,36)(H,32,39)(H,33,37)(H,34,38)(H,40,41)(H4,28,29,30). The van der Waals surface area contributed by atoms with Crippen molar-refractivity contribution in [3.8, 4) is 0 Å². The number of para-hydroxylation sites is 1. The Balaban J connectivity index is 2.08. The van der Waals surface area contributed by atoms with Crippen LogP contribution >= 0.6 is 0 Å². The van der Waals surface area contributed by atoms with Crippen molar-refractivity contribution in [1.29, 1.82) is 0 Å². The summed E-state index contributed by atoms with van der Waals surface area (Å²) in [4.78, 5) is 68.8. The van der Waals surface area contributed by atoms with Crippen LogP contribution in [0.3, 0.4) is 0 Å². The maximum atomic E-state index is 13.0. The molecule has 0 aliphatic heterocycles. The van der Waals surface area contributed by atoms with Gasteiger partial charge in [-0.2, -0.15) is 0 Å². The summed E-state index contributed by atoms with van der Waals surface area (Å²) in [5, 5.41) is 27.3. The number of H-pyrrole nitrogens is 1. The second kappa shape index (κ2) is 15.2. The lowest BCUT2D eigenvalue weighted by Gasteiger charge is -2.26. The summed E-state index contributed by atoms with van der Waals surface area (Å²) in [7, 11) is 0. The lowest BCUT2D eigenvalue weighted by molar-refractivity contribution is -0.143. The first-order chi connectivity index (χ1) is 19.3. The van der Waals surface area contributed by atoms with E-state index in [2.05, 4.69) is 25.9 Å². The van der Waals surface area contributed by atoms with Gasteiger partial charge in [0.15, 0.2) is 5.96 Å². The number of aromatic nitrogens is 1. The van der Waals surface area contributed by atoms with Gasteiger partial charge >= 0.3 is 5.97 Å². The predicted molar refractivity (Wildman–Crippen MR) is 149 cm³/mol. The number of aliphatic imine (C=N–C) groups is 1. The van der Waals surface area contributed by atoms with Gasteiger partial charge in [-0.15, -0.1) is 0 Å². The van der Waals surface area contributed by atoms with Crippen LogP contribution in [0.15, 0.2) is 35.5 Å². The summed E-state index contributed by atoms with van der Waals surface area (Å²) in [6.07, 6.45) is -0.126. The molecule has 0 saturated heterocycles. The Morgan fingerprint density at radius 3 is 2.24 bits per heavy atom. The van der Waals surface area contributed by atoms with Crippen LogP contribution in [0.25, 0.3) is 10.9 Å². The number of carboxylic acid groups (broad SMARTS) is 1. The molecule has 2 rings (SSSR count). The number of aromatic amines is 1. The van der Waals surface area contributed by atoms with E-state index in [1.807, 2.05) is 24.3 Å². The maximum Gasteiger partial charge on any atom is 0.326 e. The Morgan fingerprint density at radius 1 is 0.976 bits per heavy atom. The molecule has 16 heteroatoms. The van der Waals surface area contributed by atoms with E-state index in [9.17, 15) is 34.2 Å². The fraction of sp³-hybridized carbons (Fsp3) is 0.440. The van der Waals surface area contributed by atoms with Crippen molar-refractivity contribution in [3.63, 3.8) is 0 Å². The number of aliphatic hydroxyl groups excluding tert-OH is 1. The van der Waals surface area contributed by atoms with E-state index < -0.39 is 66.3 Å². The third-order valence-corrected chi connectivity index (χ3v) is 6.11. The molecule has 1 aromatic heterocycles. The number of carbonyl (C=O) groups is 5. The third kappa shape index (κ3) is 10.1. The quantitative estimate of drug-likeness (QED) is 0.0545. The monoisotopic (exact) mass is 575 g/mol. The number of hydrogen-bond donors (Lipinski definition) is 10. The second-order valence-corrected chi connectivity index (χ2v) is 9.48. The topological polar surface area (TPSA) is 294 Å². The highest BCUT2D eigenvalue weighted by Gasteiger charge is 2.33. The molecule has 16 nitrogen and oxygen atoms in total. The Hall–Kier alpha value is -4.70. The van der Waals surface area contributed by atoms with Crippen molar-refractivity contribution < 1.29 is 34.2 Å². The average Bonchev–Trinajstić information content (AvgIpc) is 3.30. The van der Waals surface area contributed by atoms with Crippen LogP contribution in [0.2, 0.25) is 0 Å². The number of aliphatic carboxylic acids is 1. The number of benzene rings is 1. The number of guanidine groups is 1. The molecule has 5 unspecified atom stereocenters. The number of carbonyl (C=O) groups excluding carboxylic acids is 4. The first-order valence-corrected chi connectivity index (χ1v) is 12.8. The molecule has 1 heterocycles. The predicted octanol–water partition coefficient (Wildman–Crippen LogP) is -3.11. The number of amides is 4. The van der Waals surface area contributed by atoms with Gasteiger partial charge in [0.2, 0.25) is 23.6 Å². The molecule has 2 aromatic rings. The average molecular weight is 576 g/mol. The highest BCUT2D eigenvalue weighted by molar-refractivity contribution is 5.96. The van der Waals surface area contributed by atoms with Crippen LogP contribution in [-0.4, -0.2) is 87.6 Å². The van der Waals surface area contributed by atoms with Gasteiger partial charge in [-0.3, -0.25) is 24.2 Å². The number of nitrogens with one attached hydrogen (secondary N) is 4. The number of primary amides is 1. The van der Waals surface area contributed by atoms with Crippen molar-refractivity contribution in [2.75, 3.05) is 6.54 Å². The zero-order valence-electron chi connectivity index (χ0n) is 22.5. The second-order valence-electron chi connectivity index (χ2n) is 9.48. The van der Waals surface area contributed by atoms with Crippen LogP contribution in [-0.2, 0) is 30.4 Å². The summed E-state index contributed by atoms with van der Waals surface area (Å²) in [6.45, 7) is 1.31. The zero-order chi connectivity index (χ0) is 30.7. The molecule has 0 saturated carbocycles. The number of nitrogens with two attached hydrogens (primary N) is 4. The number of hydrogen-bond acceptors (Lipinski definition) is 8. The Morgan fingerprint density at radius 2 is 1.63 bits per heavy atom. The number of fused-ring (bicyclic) bond motifs is 1. The molecule has 5 atom stereocenters. The SMILES string of the molecule is CC(O)C(NC(=O)C(CC(N)=O)NC(=O)C(N)Cc1c[nH]c2ccccc12)C(=O)NC(CCCN=C(N)N)C(=O)O. The molecule has 41 heavy (non-hydrogen) atoms. The van der Waals surface area contributed by atoms with E-state index in [-0.39, 0.29) is 31.8 Å².